The molecule has 0 spiro atoms. The van der Waals surface area contributed by atoms with E-state index in [0.29, 0.717) is 5.92 Å². The first-order chi connectivity index (χ1) is 6.18. The van der Waals surface area contributed by atoms with Gasteiger partial charge in [0.25, 0.3) is 0 Å². The molecular formula is C10H16N2O. The summed E-state index contributed by atoms with van der Waals surface area (Å²) in [4.78, 5) is 0. The van der Waals surface area contributed by atoms with Crippen molar-refractivity contribution in [2.24, 2.45) is 13.0 Å². The van der Waals surface area contributed by atoms with Gasteiger partial charge in [0, 0.05) is 12.7 Å². The normalized spacial score (nSPS) is 19.9. The molecular weight excluding hydrogens is 164 g/mol. The van der Waals surface area contributed by atoms with Crippen molar-refractivity contribution in [1.29, 1.82) is 0 Å². The molecule has 72 valence electrons. The van der Waals surface area contributed by atoms with E-state index in [-0.39, 0.29) is 6.10 Å². The largest absolute Gasteiger partial charge is 0.386 e. The fourth-order valence-electron chi connectivity index (χ4n) is 1.73. The first kappa shape index (κ1) is 8.75. The number of aliphatic hydroxyl groups is 1. The summed E-state index contributed by atoms with van der Waals surface area (Å²) in [6.07, 6.45) is 3.22. The molecule has 1 N–H and O–H groups in total. The number of hydrogen-bond acceptors (Lipinski definition) is 2. The van der Waals surface area contributed by atoms with Crippen LogP contribution >= 0.6 is 0 Å². The second-order valence-electron chi connectivity index (χ2n) is 3.97. The highest BCUT2D eigenvalue weighted by molar-refractivity contribution is 5.12. The average molecular weight is 180 g/mol. The zero-order valence-corrected chi connectivity index (χ0v) is 8.20. The van der Waals surface area contributed by atoms with Gasteiger partial charge in [0.05, 0.1) is 5.69 Å². The Morgan fingerprint density at radius 2 is 2.31 bits per heavy atom. The third-order valence-corrected chi connectivity index (χ3v) is 3.03. The minimum absolute atomic E-state index is 0.339. The van der Waals surface area contributed by atoms with Crippen LogP contribution in [-0.2, 0) is 7.05 Å². The van der Waals surface area contributed by atoms with Gasteiger partial charge in [0.1, 0.15) is 6.10 Å². The Balaban J connectivity index is 2.14. The second-order valence-corrected chi connectivity index (χ2v) is 3.97. The summed E-state index contributed by atoms with van der Waals surface area (Å²) in [7, 11) is 1.91. The molecule has 1 atom stereocenters. The van der Waals surface area contributed by atoms with E-state index in [9.17, 15) is 5.11 Å². The van der Waals surface area contributed by atoms with Crippen LogP contribution in [0.2, 0.25) is 0 Å². The molecule has 0 aromatic carbocycles. The minimum atomic E-state index is -0.339. The molecule has 1 aliphatic rings. The summed E-state index contributed by atoms with van der Waals surface area (Å²) >= 11 is 0. The summed E-state index contributed by atoms with van der Waals surface area (Å²) in [5.41, 5.74) is 1.94. The number of rotatable bonds is 2. The maximum Gasteiger partial charge on any atom is 0.101 e. The van der Waals surface area contributed by atoms with Crippen LogP contribution in [0.25, 0.3) is 0 Å². The van der Waals surface area contributed by atoms with Gasteiger partial charge in [-0.05, 0) is 31.7 Å². The molecule has 0 amide bonds. The summed E-state index contributed by atoms with van der Waals surface area (Å²) in [5, 5.41) is 14.2. The van der Waals surface area contributed by atoms with Gasteiger partial charge >= 0.3 is 0 Å². The molecule has 1 saturated carbocycles. The van der Waals surface area contributed by atoms with Crippen molar-refractivity contribution in [2.75, 3.05) is 0 Å². The Bertz CT molecular complexity index is 282. The van der Waals surface area contributed by atoms with Crippen molar-refractivity contribution in [1.82, 2.24) is 9.78 Å². The lowest BCUT2D eigenvalue weighted by Crippen LogP contribution is -2.20. The number of hydrogen-bond donors (Lipinski definition) is 1. The monoisotopic (exact) mass is 180 g/mol. The third kappa shape index (κ3) is 1.48. The first-order valence-electron chi connectivity index (χ1n) is 4.87. The highest BCUT2D eigenvalue weighted by Gasteiger charge is 2.28. The van der Waals surface area contributed by atoms with Crippen LogP contribution in [0, 0.1) is 12.8 Å². The predicted octanol–water partition coefficient (Wildman–Crippen LogP) is 1.56. The third-order valence-electron chi connectivity index (χ3n) is 3.03. The van der Waals surface area contributed by atoms with E-state index >= 15 is 0 Å². The van der Waals surface area contributed by atoms with Crippen molar-refractivity contribution in [2.45, 2.75) is 32.3 Å². The van der Waals surface area contributed by atoms with Crippen LogP contribution in [0.1, 0.15) is 36.8 Å². The molecule has 0 saturated heterocycles. The molecule has 0 radical (unpaired) electrons. The molecule has 1 aromatic heterocycles. The predicted molar refractivity (Wildman–Crippen MR) is 50.2 cm³/mol. The van der Waals surface area contributed by atoms with E-state index in [1.54, 1.807) is 0 Å². The van der Waals surface area contributed by atoms with E-state index in [0.717, 1.165) is 24.2 Å². The summed E-state index contributed by atoms with van der Waals surface area (Å²) in [6, 6.07) is 1.98. The van der Waals surface area contributed by atoms with Crippen LogP contribution < -0.4 is 0 Å². The van der Waals surface area contributed by atoms with Gasteiger partial charge in [-0.2, -0.15) is 5.10 Å². The van der Waals surface area contributed by atoms with Crippen LogP contribution in [0.4, 0.5) is 0 Å². The number of aryl methyl sites for hydroxylation is 2. The lowest BCUT2D eigenvalue weighted by Gasteiger charge is -2.29. The lowest BCUT2D eigenvalue weighted by molar-refractivity contribution is 0.0582. The van der Waals surface area contributed by atoms with Crippen LogP contribution in [0.5, 0.6) is 0 Å². The molecule has 0 aliphatic heterocycles. The van der Waals surface area contributed by atoms with Gasteiger partial charge in [-0.15, -0.1) is 0 Å². The Labute approximate surface area is 78.4 Å². The molecule has 1 heterocycles. The molecule has 2 rings (SSSR count). The maximum atomic E-state index is 9.90. The van der Waals surface area contributed by atoms with Crippen molar-refractivity contribution >= 4 is 0 Å². The van der Waals surface area contributed by atoms with Crippen molar-refractivity contribution in [3.8, 4) is 0 Å². The molecule has 13 heavy (non-hydrogen) atoms. The average Bonchev–Trinajstić information content (AvgIpc) is 2.28. The van der Waals surface area contributed by atoms with Gasteiger partial charge in [-0.25, -0.2) is 0 Å². The highest BCUT2D eigenvalue weighted by atomic mass is 16.3. The van der Waals surface area contributed by atoms with Gasteiger partial charge in [0.15, 0.2) is 0 Å². The van der Waals surface area contributed by atoms with E-state index < -0.39 is 0 Å². The Morgan fingerprint density at radius 3 is 2.69 bits per heavy atom. The fourth-order valence-corrected chi connectivity index (χ4v) is 1.73. The molecule has 3 nitrogen and oxygen atoms in total. The van der Waals surface area contributed by atoms with E-state index in [1.807, 2.05) is 24.7 Å². The first-order valence-corrected chi connectivity index (χ1v) is 4.87. The smallest absolute Gasteiger partial charge is 0.101 e. The number of nitrogens with zero attached hydrogens (tertiary/aromatic N) is 2. The Hall–Kier alpha value is -0.830. The van der Waals surface area contributed by atoms with Gasteiger partial charge in [-0.1, -0.05) is 6.42 Å². The Morgan fingerprint density at radius 1 is 1.62 bits per heavy atom. The van der Waals surface area contributed by atoms with E-state index in [4.69, 9.17) is 0 Å². The summed E-state index contributed by atoms with van der Waals surface area (Å²) < 4.78 is 1.82. The minimum Gasteiger partial charge on any atom is -0.386 e. The summed E-state index contributed by atoms with van der Waals surface area (Å²) in [6.45, 7) is 2.00. The van der Waals surface area contributed by atoms with Crippen molar-refractivity contribution in [3.05, 3.63) is 17.5 Å². The zero-order valence-electron chi connectivity index (χ0n) is 8.20. The van der Waals surface area contributed by atoms with Gasteiger partial charge in [0.2, 0.25) is 0 Å². The standard InChI is InChI=1S/C10H16N2O/c1-7-6-9(11-12(7)2)10(13)8-4-3-5-8/h6,8,10,13H,3-5H2,1-2H3/t10-/m1/s1. The molecule has 1 aliphatic carbocycles. The quantitative estimate of drug-likeness (QED) is 0.750. The number of aromatic nitrogens is 2. The topological polar surface area (TPSA) is 38.1 Å². The molecule has 0 unspecified atom stereocenters. The van der Waals surface area contributed by atoms with Crippen LogP contribution in [0.3, 0.4) is 0 Å². The maximum absolute atomic E-state index is 9.90. The molecule has 3 heteroatoms. The molecule has 1 fully saturated rings. The number of aliphatic hydroxyl groups excluding tert-OH is 1. The van der Waals surface area contributed by atoms with Gasteiger partial charge in [-0.3, -0.25) is 4.68 Å². The fraction of sp³-hybridized carbons (Fsp3) is 0.700. The van der Waals surface area contributed by atoms with Crippen molar-refractivity contribution in [3.63, 3.8) is 0 Å². The van der Waals surface area contributed by atoms with Crippen LogP contribution in [-0.4, -0.2) is 14.9 Å². The lowest BCUT2D eigenvalue weighted by atomic mass is 9.80. The zero-order chi connectivity index (χ0) is 9.42. The summed E-state index contributed by atoms with van der Waals surface area (Å²) in [5.74, 6) is 0.453. The van der Waals surface area contributed by atoms with Crippen molar-refractivity contribution < 1.29 is 5.11 Å². The van der Waals surface area contributed by atoms with E-state index in [1.165, 1.54) is 6.42 Å². The van der Waals surface area contributed by atoms with Crippen LogP contribution in [0.15, 0.2) is 6.07 Å². The molecule has 1 aromatic rings. The Kier molecular flexibility index (Phi) is 2.12. The SMILES string of the molecule is Cc1cc([C@H](O)C2CCC2)nn1C. The molecule has 0 bridgehead atoms. The second kappa shape index (κ2) is 3.14. The van der Waals surface area contributed by atoms with Gasteiger partial charge < -0.3 is 5.11 Å². The highest BCUT2D eigenvalue weighted by Crippen LogP contribution is 2.37. The van der Waals surface area contributed by atoms with E-state index in [2.05, 4.69) is 5.10 Å².